The molecule has 0 spiro atoms. The summed E-state index contributed by atoms with van der Waals surface area (Å²) in [6.45, 7) is 5.75. The van der Waals surface area contributed by atoms with Crippen molar-refractivity contribution in [3.8, 4) is 0 Å². The van der Waals surface area contributed by atoms with Crippen molar-refractivity contribution in [2.45, 2.75) is 32.9 Å². The monoisotopic (exact) mass is 283 g/mol. The van der Waals surface area contributed by atoms with Gasteiger partial charge in [-0.15, -0.1) is 0 Å². The van der Waals surface area contributed by atoms with E-state index in [1.807, 2.05) is 0 Å². The number of rotatable bonds is 8. The Kier molecular flexibility index (Phi) is 6.61. The lowest BCUT2D eigenvalue weighted by molar-refractivity contribution is 0.0696. The Balaban J connectivity index is 2.91. The van der Waals surface area contributed by atoms with Crippen LogP contribution in [0.5, 0.6) is 0 Å². The highest BCUT2D eigenvalue weighted by atomic mass is 19.1. The maximum absolute atomic E-state index is 13.8. The number of ether oxygens (including phenoxy) is 1. The molecule has 0 radical (unpaired) electrons. The lowest BCUT2D eigenvalue weighted by atomic mass is 10.1. The summed E-state index contributed by atoms with van der Waals surface area (Å²) in [6.07, 6.45) is 0.934. The fraction of sp³-hybridized carbons (Fsp3) is 0.533. The molecule has 0 fully saturated rings. The van der Waals surface area contributed by atoms with E-state index in [9.17, 15) is 9.18 Å². The zero-order valence-corrected chi connectivity index (χ0v) is 12.2. The van der Waals surface area contributed by atoms with E-state index in [0.29, 0.717) is 25.3 Å². The van der Waals surface area contributed by atoms with Crippen molar-refractivity contribution in [3.63, 3.8) is 0 Å². The number of carboxylic acids is 1. The van der Waals surface area contributed by atoms with Crippen LogP contribution in [0.1, 0.15) is 36.2 Å². The fourth-order valence-electron chi connectivity index (χ4n) is 1.97. The number of nitrogens with zero attached hydrogens (tertiary/aromatic N) is 1. The number of hydrogen-bond acceptors (Lipinski definition) is 3. The first-order chi connectivity index (χ1) is 9.49. The molecule has 0 heterocycles. The van der Waals surface area contributed by atoms with Crippen LogP contribution < -0.4 is 0 Å². The van der Waals surface area contributed by atoms with Crippen LogP contribution in [0.3, 0.4) is 0 Å². The van der Waals surface area contributed by atoms with Gasteiger partial charge in [0.05, 0.1) is 12.2 Å². The van der Waals surface area contributed by atoms with E-state index in [-0.39, 0.29) is 17.4 Å². The Morgan fingerprint density at radius 1 is 1.50 bits per heavy atom. The van der Waals surface area contributed by atoms with Crippen molar-refractivity contribution in [1.29, 1.82) is 0 Å². The van der Waals surface area contributed by atoms with E-state index < -0.39 is 5.97 Å². The third-order valence-corrected chi connectivity index (χ3v) is 3.46. The molecule has 0 aromatic heterocycles. The predicted octanol–water partition coefficient (Wildman–Crippen LogP) is 2.77. The van der Waals surface area contributed by atoms with Gasteiger partial charge in [0.25, 0.3) is 0 Å². The quantitative estimate of drug-likeness (QED) is 0.797. The molecule has 0 aliphatic rings. The molecule has 1 aromatic rings. The van der Waals surface area contributed by atoms with Crippen LogP contribution in [0, 0.1) is 5.82 Å². The lowest BCUT2D eigenvalue weighted by Crippen LogP contribution is -2.35. The van der Waals surface area contributed by atoms with Gasteiger partial charge in [-0.25, -0.2) is 9.18 Å². The van der Waals surface area contributed by atoms with Gasteiger partial charge in [0, 0.05) is 31.8 Å². The summed E-state index contributed by atoms with van der Waals surface area (Å²) in [7, 11) is 1.63. The molecule has 0 aliphatic heterocycles. The predicted molar refractivity (Wildman–Crippen MR) is 75.4 cm³/mol. The number of hydrogen-bond donors (Lipinski definition) is 1. The maximum Gasteiger partial charge on any atom is 0.335 e. The molecule has 0 amide bonds. The van der Waals surface area contributed by atoms with Crippen LogP contribution in [0.15, 0.2) is 18.2 Å². The molecule has 1 unspecified atom stereocenters. The third-order valence-electron chi connectivity index (χ3n) is 3.46. The van der Waals surface area contributed by atoms with Crippen molar-refractivity contribution in [2.75, 3.05) is 20.3 Å². The van der Waals surface area contributed by atoms with Crippen LogP contribution in [0.25, 0.3) is 0 Å². The molecule has 5 heteroatoms. The maximum atomic E-state index is 13.8. The SMILES string of the molecule is CCC(C)N(CCOC)Cc1cc(C(=O)O)ccc1F. The number of carbonyl (C=O) groups is 1. The molecule has 4 nitrogen and oxygen atoms in total. The average molecular weight is 283 g/mol. The Bertz CT molecular complexity index is 451. The number of halogens is 1. The van der Waals surface area contributed by atoms with Crippen LogP contribution in [-0.2, 0) is 11.3 Å². The minimum atomic E-state index is -1.04. The molecule has 1 aromatic carbocycles. The van der Waals surface area contributed by atoms with Crippen LogP contribution in [-0.4, -0.2) is 42.3 Å². The van der Waals surface area contributed by atoms with E-state index in [1.54, 1.807) is 7.11 Å². The largest absolute Gasteiger partial charge is 0.478 e. The third kappa shape index (κ3) is 4.58. The van der Waals surface area contributed by atoms with Crippen LogP contribution in [0.2, 0.25) is 0 Å². The molecule has 0 saturated heterocycles. The van der Waals surface area contributed by atoms with Gasteiger partial charge in [-0.1, -0.05) is 6.92 Å². The van der Waals surface area contributed by atoms with Crippen LogP contribution in [0.4, 0.5) is 4.39 Å². The zero-order chi connectivity index (χ0) is 15.1. The zero-order valence-electron chi connectivity index (χ0n) is 12.2. The summed E-state index contributed by atoms with van der Waals surface area (Å²) >= 11 is 0. The normalized spacial score (nSPS) is 12.7. The van der Waals surface area contributed by atoms with Gasteiger partial charge < -0.3 is 9.84 Å². The van der Waals surface area contributed by atoms with Crippen molar-refractivity contribution < 1.29 is 19.0 Å². The molecule has 0 bridgehead atoms. The molecule has 1 N–H and O–H groups in total. The molecular formula is C15H22FNO3. The topological polar surface area (TPSA) is 49.8 Å². The molecular weight excluding hydrogens is 261 g/mol. The fourth-order valence-corrected chi connectivity index (χ4v) is 1.97. The van der Waals surface area contributed by atoms with Crippen molar-refractivity contribution in [2.24, 2.45) is 0 Å². The van der Waals surface area contributed by atoms with Gasteiger partial charge in [0.1, 0.15) is 5.82 Å². The van der Waals surface area contributed by atoms with Crippen molar-refractivity contribution >= 4 is 5.97 Å². The van der Waals surface area contributed by atoms with Crippen molar-refractivity contribution in [3.05, 3.63) is 35.1 Å². The highest BCUT2D eigenvalue weighted by molar-refractivity contribution is 5.87. The summed E-state index contributed by atoms with van der Waals surface area (Å²) in [4.78, 5) is 13.0. The Labute approximate surface area is 119 Å². The first-order valence-electron chi connectivity index (χ1n) is 6.74. The number of carboxylic acid groups (broad SMARTS) is 1. The summed E-state index contributed by atoms with van der Waals surface area (Å²) < 4.78 is 18.9. The van der Waals surface area contributed by atoms with Gasteiger partial charge in [-0.3, -0.25) is 4.90 Å². The Hall–Kier alpha value is -1.46. The second-order valence-corrected chi connectivity index (χ2v) is 4.83. The Morgan fingerprint density at radius 2 is 2.20 bits per heavy atom. The average Bonchev–Trinajstić information content (AvgIpc) is 2.44. The standard InChI is InChI=1S/C15H22FNO3/c1-4-11(2)17(7-8-20-3)10-13-9-12(15(18)19)5-6-14(13)16/h5-6,9,11H,4,7-8,10H2,1-3H3,(H,18,19). The van der Waals surface area contributed by atoms with E-state index in [4.69, 9.17) is 9.84 Å². The number of aromatic carboxylic acids is 1. The summed E-state index contributed by atoms with van der Waals surface area (Å²) in [5, 5.41) is 8.98. The summed E-state index contributed by atoms with van der Waals surface area (Å²) in [6, 6.07) is 4.17. The second kappa shape index (κ2) is 7.97. The first kappa shape index (κ1) is 16.6. The van der Waals surface area contributed by atoms with Gasteiger partial charge in [0.15, 0.2) is 0 Å². The highest BCUT2D eigenvalue weighted by Gasteiger charge is 2.16. The van der Waals surface area contributed by atoms with E-state index in [2.05, 4.69) is 18.7 Å². The molecule has 112 valence electrons. The first-order valence-corrected chi connectivity index (χ1v) is 6.74. The number of methoxy groups -OCH3 is 1. The highest BCUT2D eigenvalue weighted by Crippen LogP contribution is 2.16. The minimum Gasteiger partial charge on any atom is -0.478 e. The van der Waals surface area contributed by atoms with Crippen molar-refractivity contribution in [1.82, 2.24) is 4.90 Å². The lowest BCUT2D eigenvalue weighted by Gasteiger charge is -2.28. The summed E-state index contributed by atoms with van der Waals surface area (Å²) in [5.74, 6) is -1.42. The number of benzene rings is 1. The van der Waals surface area contributed by atoms with Gasteiger partial charge in [0.2, 0.25) is 0 Å². The van der Waals surface area contributed by atoms with E-state index in [1.165, 1.54) is 18.2 Å². The van der Waals surface area contributed by atoms with Gasteiger partial charge in [-0.05, 0) is 31.5 Å². The smallest absolute Gasteiger partial charge is 0.335 e. The van der Waals surface area contributed by atoms with Crippen LogP contribution >= 0.6 is 0 Å². The second-order valence-electron chi connectivity index (χ2n) is 4.83. The molecule has 0 aliphatic carbocycles. The molecule has 20 heavy (non-hydrogen) atoms. The molecule has 1 atom stereocenters. The minimum absolute atomic E-state index is 0.109. The summed E-state index contributed by atoms with van der Waals surface area (Å²) in [5.41, 5.74) is 0.513. The van der Waals surface area contributed by atoms with E-state index in [0.717, 1.165) is 6.42 Å². The molecule has 0 saturated carbocycles. The molecule has 1 rings (SSSR count). The van der Waals surface area contributed by atoms with Gasteiger partial charge >= 0.3 is 5.97 Å². The van der Waals surface area contributed by atoms with Gasteiger partial charge in [-0.2, -0.15) is 0 Å². The Morgan fingerprint density at radius 3 is 2.75 bits per heavy atom. The van der Waals surface area contributed by atoms with E-state index >= 15 is 0 Å².